The molecule has 1 aromatic heterocycles. The van der Waals surface area contributed by atoms with Crippen LogP contribution >= 0.6 is 11.6 Å². The molecule has 0 radical (unpaired) electrons. The van der Waals surface area contributed by atoms with Crippen LogP contribution in [-0.4, -0.2) is 22.4 Å². The maximum Gasteiger partial charge on any atom is 0.257 e. The average Bonchev–Trinajstić information content (AvgIpc) is 2.89. The standard InChI is InChI=1S/C21H26ClN2O2/c1-4-7-21-23(3)18-8-5-6-9-19(18)24(21)13-16(25)14-26-20-12-15(2)10-11-17(20)22/h5-6,8-12,16,25H,4,7,13-14H2,1-3H3/q+1/t16-/m1/s1. The number of halogens is 1. The lowest BCUT2D eigenvalue weighted by atomic mass is 10.2. The molecule has 0 saturated carbocycles. The Hall–Kier alpha value is -2.04. The van der Waals surface area contributed by atoms with Gasteiger partial charge in [-0.15, -0.1) is 0 Å². The summed E-state index contributed by atoms with van der Waals surface area (Å²) in [6, 6.07) is 13.9. The highest BCUT2D eigenvalue weighted by atomic mass is 35.5. The van der Waals surface area contributed by atoms with Gasteiger partial charge in [0.2, 0.25) is 0 Å². The number of hydrogen-bond donors (Lipinski definition) is 1. The third-order valence-corrected chi connectivity index (χ3v) is 4.93. The third kappa shape index (κ3) is 3.87. The van der Waals surface area contributed by atoms with E-state index in [-0.39, 0.29) is 6.61 Å². The van der Waals surface area contributed by atoms with Crippen molar-refractivity contribution in [2.75, 3.05) is 6.61 Å². The van der Waals surface area contributed by atoms with Gasteiger partial charge in [0.25, 0.3) is 5.82 Å². The molecule has 1 heterocycles. The van der Waals surface area contributed by atoms with Gasteiger partial charge in [0.15, 0.2) is 11.0 Å². The van der Waals surface area contributed by atoms with Gasteiger partial charge in [0.05, 0.1) is 12.1 Å². The van der Waals surface area contributed by atoms with Gasteiger partial charge < -0.3 is 9.84 Å². The minimum Gasteiger partial charge on any atom is -0.489 e. The summed E-state index contributed by atoms with van der Waals surface area (Å²) in [5, 5.41) is 11.1. The Labute approximate surface area is 159 Å². The highest BCUT2D eigenvalue weighted by molar-refractivity contribution is 6.32. The van der Waals surface area contributed by atoms with Gasteiger partial charge in [-0.2, -0.15) is 0 Å². The molecule has 5 heteroatoms. The lowest BCUT2D eigenvalue weighted by molar-refractivity contribution is -0.654. The number of ether oxygens (including phenoxy) is 1. The van der Waals surface area contributed by atoms with Crippen LogP contribution in [0.2, 0.25) is 5.02 Å². The molecule has 0 bridgehead atoms. The van der Waals surface area contributed by atoms with E-state index in [2.05, 4.69) is 35.2 Å². The molecule has 4 nitrogen and oxygen atoms in total. The van der Waals surface area contributed by atoms with Crippen LogP contribution in [-0.2, 0) is 20.0 Å². The van der Waals surface area contributed by atoms with Crippen molar-refractivity contribution in [2.24, 2.45) is 7.05 Å². The molecule has 3 rings (SSSR count). The molecule has 0 unspecified atom stereocenters. The van der Waals surface area contributed by atoms with E-state index in [0.29, 0.717) is 17.3 Å². The molecule has 0 aliphatic carbocycles. The Morgan fingerprint density at radius 2 is 2.00 bits per heavy atom. The van der Waals surface area contributed by atoms with Crippen LogP contribution in [0.1, 0.15) is 24.7 Å². The van der Waals surface area contributed by atoms with Crippen molar-refractivity contribution >= 4 is 22.6 Å². The lowest BCUT2D eigenvalue weighted by Crippen LogP contribution is -2.34. The van der Waals surface area contributed by atoms with E-state index in [1.54, 1.807) is 0 Å². The Morgan fingerprint density at radius 3 is 2.77 bits per heavy atom. The fourth-order valence-electron chi connectivity index (χ4n) is 3.34. The van der Waals surface area contributed by atoms with Crippen LogP contribution < -0.4 is 9.30 Å². The van der Waals surface area contributed by atoms with E-state index in [1.165, 1.54) is 11.3 Å². The number of aliphatic hydroxyl groups is 1. The fraction of sp³-hybridized carbons (Fsp3) is 0.381. The molecule has 138 valence electrons. The smallest absolute Gasteiger partial charge is 0.257 e. The zero-order valence-electron chi connectivity index (χ0n) is 15.6. The molecule has 0 aliphatic rings. The summed E-state index contributed by atoms with van der Waals surface area (Å²) in [6.07, 6.45) is 1.39. The zero-order chi connectivity index (χ0) is 18.7. The number of para-hydroxylation sites is 2. The molecular weight excluding hydrogens is 348 g/mol. The summed E-state index contributed by atoms with van der Waals surface area (Å²) in [6.45, 7) is 4.84. The number of aliphatic hydroxyl groups excluding tert-OH is 1. The van der Waals surface area contributed by atoms with Gasteiger partial charge in [-0.3, -0.25) is 0 Å². The monoisotopic (exact) mass is 373 g/mol. The van der Waals surface area contributed by atoms with Crippen LogP contribution in [0.5, 0.6) is 5.75 Å². The quantitative estimate of drug-likeness (QED) is 0.639. The first-order valence-corrected chi connectivity index (χ1v) is 9.42. The lowest BCUT2D eigenvalue weighted by Gasteiger charge is -2.13. The van der Waals surface area contributed by atoms with Crippen molar-refractivity contribution in [1.29, 1.82) is 0 Å². The highest BCUT2D eigenvalue weighted by Gasteiger charge is 2.24. The highest BCUT2D eigenvalue weighted by Crippen LogP contribution is 2.25. The summed E-state index contributed by atoms with van der Waals surface area (Å²) >= 11 is 6.17. The average molecular weight is 374 g/mol. The number of benzene rings is 2. The summed E-state index contributed by atoms with van der Waals surface area (Å²) in [7, 11) is 2.08. The van der Waals surface area contributed by atoms with E-state index in [4.69, 9.17) is 16.3 Å². The van der Waals surface area contributed by atoms with Gasteiger partial charge in [0, 0.05) is 6.42 Å². The van der Waals surface area contributed by atoms with E-state index >= 15 is 0 Å². The van der Waals surface area contributed by atoms with E-state index < -0.39 is 6.10 Å². The Balaban J connectivity index is 1.79. The molecule has 2 aromatic carbocycles. The summed E-state index contributed by atoms with van der Waals surface area (Å²) in [4.78, 5) is 0. The molecule has 0 saturated heterocycles. The maximum absolute atomic E-state index is 10.6. The van der Waals surface area contributed by atoms with Gasteiger partial charge in [0.1, 0.15) is 25.0 Å². The van der Waals surface area contributed by atoms with Crippen LogP contribution in [0, 0.1) is 6.92 Å². The number of rotatable bonds is 7. The van der Waals surface area contributed by atoms with Crippen molar-refractivity contribution < 1.29 is 14.4 Å². The number of aryl methyl sites for hydroxylation is 2. The van der Waals surface area contributed by atoms with Gasteiger partial charge in [-0.1, -0.05) is 36.7 Å². The Morgan fingerprint density at radius 1 is 1.23 bits per heavy atom. The van der Waals surface area contributed by atoms with Crippen LogP contribution in [0.3, 0.4) is 0 Å². The van der Waals surface area contributed by atoms with Crippen molar-refractivity contribution in [2.45, 2.75) is 39.3 Å². The molecule has 0 spiro atoms. The van der Waals surface area contributed by atoms with Crippen LogP contribution in [0.15, 0.2) is 42.5 Å². The summed E-state index contributed by atoms with van der Waals surface area (Å²) in [5.41, 5.74) is 3.38. The molecule has 1 atom stereocenters. The molecule has 0 amide bonds. The van der Waals surface area contributed by atoms with Crippen molar-refractivity contribution in [3.8, 4) is 5.75 Å². The fourth-order valence-corrected chi connectivity index (χ4v) is 3.51. The predicted molar refractivity (Wildman–Crippen MR) is 105 cm³/mol. The summed E-state index contributed by atoms with van der Waals surface area (Å²) < 4.78 is 10.2. The number of aromatic nitrogens is 2. The SMILES string of the molecule is CCCc1n(C[C@@H](O)COc2cc(C)ccc2Cl)c2ccccc2[n+]1C. The van der Waals surface area contributed by atoms with Gasteiger partial charge in [-0.05, 0) is 43.2 Å². The minimum absolute atomic E-state index is 0.199. The maximum atomic E-state index is 10.6. The second kappa shape index (κ2) is 8.11. The molecular formula is C21H26ClN2O2+. The second-order valence-electron chi connectivity index (χ2n) is 6.72. The minimum atomic E-state index is -0.627. The normalized spacial score (nSPS) is 12.5. The number of nitrogens with zero attached hydrogens (tertiary/aromatic N) is 2. The summed E-state index contributed by atoms with van der Waals surface area (Å²) in [5.74, 6) is 1.82. The first-order valence-electron chi connectivity index (χ1n) is 9.04. The van der Waals surface area contributed by atoms with Gasteiger partial charge in [-0.25, -0.2) is 9.13 Å². The number of fused-ring (bicyclic) bond motifs is 1. The number of imidazole rings is 1. The molecule has 26 heavy (non-hydrogen) atoms. The molecule has 1 N–H and O–H groups in total. The van der Waals surface area contributed by atoms with Crippen molar-refractivity contribution in [1.82, 2.24) is 4.57 Å². The van der Waals surface area contributed by atoms with Crippen molar-refractivity contribution in [3.63, 3.8) is 0 Å². The second-order valence-corrected chi connectivity index (χ2v) is 7.13. The van der Waals surface area contributed by atoms with Crippen LogP contribution in [0.4, 0.5) is 0 Å². The third-order valence-electron chi connectivity index (χ3n) is 4.62. The topological polar surface area (TPSA) is 38.3 Å². The van der Waals surface area contributed by atoms with E-state index in [1.807, 2.05) is 37.3 Å². The van der Waals surface area contributed by atoms with E-state index in [0.717, 1.165) is 23.9 Å². The Bertz CT molecular complexity index is 904. The molecule has 0 fully saturated rings. The first-order chi connectivity index (χ1) is 12.5. The van der Waals surface area contributed by atoms with Crippen LogP contribution in [0.25, 0.3) is 11.0 Å². The molecule has 3 aromatic rings. The van der Waals surface area contributed by atoms with Crippen molar-refractivity contribution in [3.05, 3.63) is 58.9 Å². The molecule has 0 aliphatic heterocycles. The van der Waals surface area contributed by atoms with Gasteiger partial charge >= 0.3 is 0 Å². The zero-order valence-corrected chi connectivity index (χ0v) is 16.3. The predicted octanol–water partition coefficient (Wildman–Crippen LogP) is 3.82. The first kappa shape index (κ1) is 18.7. The largest absolute Gasteiger partial charge is 0.489 e. The van der Waals surface area contributed by atoms with E-state index in [9.17, 15) is 5.11 Å². The number of hydrogen-bond acceptors (Lipinski definition) is 2. The Kier molecular flexibility index (Phi) is 5.84.